The van der Waals surface area contributed by atoms with Gasteiger partial charge >= 0.3 is 0 Å². The van der Waals surface area contributed by atoms with Crippen LogP contribution in [0.1, 0.15) is 40.5 Å². The van der Waals surface area contributed by atoms with Crippen LogP contribution in [-0.4, -0.2) is 42.6 Å². The van der Waals surface area contributed by atoms with Crippen molar-refractivity contribution in [3.05, 3.63) is 0 Å². The highest BCUT2D eigenvalue weighted by atomic mass is 16.5. The van der Waals surface area contributed by atoms with E-state index in [1.165, 1.54) is 0 Å². The van der Waals surface area contributed by atoms with Crippen molar-refractivity contribution in [3.63, 3.8) is 0 Å². The van der Waals surface area contributed by atoms with Crippen molar-refractivity contribution in [2.24, 2.45) is 17.6 Å². The van der Waals surface area contributed by atoms with Crippen LogP contribution in [0.25, 0.3) is 0 Å². The van der Waals surface area contributed by atoms with E-state index in [0.29, 0.717) is 37.9 Å². The topological polar surface area (TPSA) is 55.6 Å². The normalized spacial score (nSPS) is 26.4. The standard InChI is InChI=1S/C14H28N2O2/c1-10(2)5-13(7-15)6-14(17)16-8-11(3)18-12(4)9-16/h10-13H,5-9,15H2,1-4H3/t11-,12+,13?. The molecule has 1 saturated heterocycles. The number of morpholine rings is 1. The highest BCUT2D eigenvalue weighted by Crippen LogP contribution is 2.18. The average molecular weight is 256 g/mol. The lowest BCUT2D eigenvalue weighted by Crippen LogP contribution is -2.48. The summed E-state index contributed by atoms with van der Waals surface area (Å²) in [7, 11) is 0. The van der Waals surface area contributed by atoms with E-state index in [0.717, 1.165) is 6.42 Å². The Labute approximate surface area is 111 Å². The Morgan fingerprint density at radius 2 is 1.89 bits per heavy atom. The van der Waals surface area contributed by atoms with Crippen LogP contribution in [0.3, 0.4) is 0 Å². The Balaban J connectivity index is 2.47. The number of hydrogen-bond acceptors (Lipinski definition) is 3. The van der Waals surface area contributed by atoms with E-state index in [2.05, 4.69) is 13.8 Å². The van der Waals surface area contributed by atoms with Crippen LogP contribution in [0.15, 0.2) is 0 Å². The molecule has 18 heavy (non-hydrogen) atoms. The average Bonchev–Trinajstić information content (AvgIpc) is 2.26. The van der Waals surface area contributed by atoms with Gasteiger partial charge in [-0.05, 0) is 38.6 Å². The largest absolute Gasteiger partial charge is 0.372 e. The first-order valence-electron chi connectivity index (χ1n) is 7.05. The molecule has 0 aromatic heterocycles. The molecule has 106 valence electrons. The van der Waals surface area contributed by atoms with Crippen LogP contribution in [0.5, 0.6) is 0 Å². The molecule has 1 aliphatic heterocycles. The molecule has 0 aromatic rings. The van der Waals surface area contributed by atoms with Gasteiger partial charge < -0.3 is 15.4 Å². The van der Waals surface area contributed by atoms with Gasteiger partial charge in [0.2, 0.25) is 5.91 Å². The van der Waals surface area contributed by atoms with Crippen LogP contribution in [0, 0.1) is 11.8 Å². The lowest BCUT2D eigenvalue weighted by Gasteiger charge is -2.36. The van der Waals surface area contributed by atoms with Crippen molar-refractivity contribution < 1.29 is 9.53 Å². The number of carbonyl (C=O) groups excluding carboxylic acids is 1. The Morgan fingerprint density at radius 3 is 2.33 bits per heavy atom. The highest BCUT2D eigenvalue weighted by molar-refractivity contribution is 5.76. The second kappa shape index (κ2) is 7.10. The maximum absolute atomic E-state index is 12.3. The van der Waals surface area contributed by atoms with Crippen molar-refractivity contribution in [3.8, 4) is 0 Å². The molecule has 0 aliphatic carbocycles. The minimum atomic E-state index is 0.138. The molecular weight excluding hydrogens is 228 g/mol. The molecule has 3 atom stereocenters. The van der Waals surface area contributed by atoms with Gasteiger partial charge in [-0.25, -0.2) is 0 Å². The number of carbonyl (C=O) groups is 1. The van der Waals surface area contributed by atoms with Gasteiger partial charge in [0, 0.05) is 19.5 Å². The first-order valence-corrected chi connectivity index (χ1v) is 7.05. The molecule has 0 radical (unpaired) electrons. The summed E-state index contributed by atoms with van der Waals surface area (Å²) in [6.07, 6.45) is 1.88. The predicted octanol–water partition coefficient (Wildman–Crippen LogP) is 1.63. The number of nitrogens with zero attached hydrogens (tertiary/aromatic N) is 1. The minimum absolute atomic E-state index is 0.138. The number of rotatable bonds is 5. The summed E-state index contributed by atoms with van der Waals surface area (Å²) >= 11 is 0. The summed E-state index contributed by atoms with van der Waals surface area (Å²) in [6, 6.07) is 0. The van der Waals surface area contributed by atoms with Gasteiger partial charge in [-0.2, -0.15) is 0 Å². The van der Waals surface area contributed by atoms with Crippen LogP contribution in [0.4, 0.5) is 0 Å². The van der Waals surface area contributed by atoms with E-state index in [9.17, 15) is 4.79 Å². The second-order valence-electron chi connectivity index (χ2n) is 5.99. The molecule has 4 nitrogen and oxygen atoms in total. The Morgan fingerprint density at radius 1 is 1.33 bits per heavy atom. The summed E-state index contributed by atoms with van der Waals surface area (Å²) in [5.74, 6) is 1.13. The zero-order valence-corrected chi connectivity index (χ0v) is 12.2. The monoisotopic (exact) mass is 256 g/mol. The van der Waals surface area contributed by atoms with Crippen LogP contribution in [-0.2, 0) is 9.53 Å². The molecular formula is C14H28N2O2. The molecule has 1 heterocycles. The fourth-order valence-corrected chi connectivity index (χ4v) is 2.69. The highest BCUT2D eigenvalue weighted by Gasteiger charge is 2.27. The number of amides is 1. The van der Waals surface area contributed by atoms with E-state index in [4.69, 9.17) is 10.5 Å². The summed E-state index contributed by atoms with van der Waals surface area (Å²) in [5.41, 5.74) is 5.76. The lowest BCUT2D eigenvalue weighted by molar-refractivity contribution is -0.144. The van der Waals surface area contributed by atoms with Crippen LogP contribution >= 0.6 is 0 Å². The number of ether oxygens (including phenoxy) is 1. The summed E-state index contributed by atoms with van der Waals surface area (Å²) in [4.78, 5) is 14.2. The molecule has 0 bridgehead atoms. The molecule has 4 heteroatoms. The summed E-state index contributed by atoms with van der Waals surface area (Å²) in [6.45, 7) is 10.4. The number of nitrogens with two attached hydrogens (primary N) is 1. The van der Waals surface area contributed by atoms with Crippen LogP contribution < -0.4 is 5.73 Å². The molecule has 1 rings (SSSR count). The molecule has 0 saturated carbocycles. The van der Waals surface area contributed by atoms with Gasteiger partial charge in [-0.3, -0.25) is 4.79 Å². The summed E-state index contributed by atoms with van der Waals surface area (Å²) < 4.78 is 5.64. The maximum atomic E-state index is 12.3. The Hall–Kier alpha value is -0.610. The van der Waals surface area contributed by atoms with Gasteiger partial charge in [0.1, 0.15) is 0 Å². The van der Waals surface area contributed by atoms with Crippen molar-refractivity contribution in [1.29, 1.82) is 0 Å². The van der Waals surface area contributed by atoms with E-state index in [1.54, 1.807) is 0 Å². The van der Waals surface area contributed by atoms with Crippen molar-refractivity contribution >= 4 is 5.91 Å². The van der Waals surface area contributed by atoms with E-state index >= 15 is 0 Å². The third-order valence-electron chi connectivity index (χ3n) is 3.37. The van der Waals surface area contributed by atoms with E-state index in [1.807, 2.05) is 18.7 Å². The zero-order chi connectivity index (χ0) is 13.7. The second-order valence-corrected chi connectivity index (χ2v) is 5.99. The Kier molecular flexibility index (Phi) is 6.09. The predicted molar refractivity (Wildman–Crippen MR) is 73.2 cm³/mol. The zero-order valence-electron chi connectivity index (χ0n) is 12.2. The molecule has 1 unspecified atom stereocenters. The molecule has 1 aliphatic rings. The number of hydrogen-bond donors (Lipinski definition) is 1. The van der Waals surface area contributed by atoms with E-state index < -0.39 is 0 Å². The smallest absolute Gasteiger partial charge is 0.223 e. The third-order valence-corrected chi connectivity index (χ3v) is 3.37. The Bertz CT molecular complexity index is 259. The lowest BCUT2D eigenvalue weighted by atomic mass is 9.93. The van der Waals surface area contributed by atoms with Crippen molar-refractivity contribution in [1.82, 2.24) is 4.90 Å². The SMILES string of the molecule is CC(C)CC(CN)CC(=O)N1C[C@@H](C)O[C@@H](C)C1. The van der Waals surface area contributed by atoms with Gasteiger partial charge in [0.15, 0.2) is 0 Å². The maximum Gasteiger partial charge on any atom is 0.223 e. The van der Waals surface area contributed by atoms with Crippen LogP contribution in [0.2, 0.25) is 0 Å². The first-order chi connectivity index (χ1) is 8.42. The third kappa shape index (κ3) is 4.94. The first kappa shape index (κ1) is 15.4. The van der Waals surface area contributed by atoms with Gasteiger partial charge in [-0.15, -0.1) is 0 Å². The molecule has 1 amide bonds. The molecule has 0 spiro atoms. The summed E-state index contributed by atoms with van der Waals surface area (Å²) in [5, 5.41) is 0. The molecule has 2 N–H and O–H groups in total. The fraction of sp³-hybridized carbons (Fsp3) is 0.929. The van der Waals surface area contributed by atoms with E-state index in [-0.39, 0.29) is 18.1 Å². The minimum Gasteiger partial charge on any atom is -0.372 e. The fourth-order valence-electron chi connectivity index (χ4n) is 2.69. The quantitative estimate of drug-likeness (QED) is 0.813. The molecule has 1 fully saturated rings. The molecule has 0 aromatic carbocycles. The van der Waals surface area contributed by atoms with Gasteiger partial charge in [0.05, 0.1) is 12.2 Å². The van der Waals surface area contributed by atoms with Gasteiger partial charge in [-0.1, -0.05) is 13.8 Å². The van der Waals surface area contributed by atoms with Crippen molar-refractivity contribution in [2.75, 3.05) is 19.6 Å². The van der Waals surface area contributed by atoms with Crippen molar-refractivity contribution in [2.45, 2.75) is 52.7 Å². The van der Waals surface area contributed by atoms with Gasteiger partial charge in [0.25, 0.3) is 0 Å².